The molecule has 0 atom stereocenters. The van der Waals surface area contributed by atoms with E-state index in [9.17, 15) is 4.79 Å². The third-order valence-electron chi connectivity index (χ3n) is 3.24. The van der Waals surface area contributed by atoms with E-state index in [4.69, 9.17) is 4.52 Å². The molecule has 0 spiro atoms. The molecule has 2 heterocycles. The highest BCUT2D eigenvalue weighted by Gasteiger charge is 2.17. The van der Waals surface area contributed by atoms with Gasteiger partial charge in [0.15, 0.2) is 0 Å². The van der Waals surface area contributed by atoms with E-state index >= 15 is 0 Å². The van der Waals surface area contributed by atoms with E-state index in [0.717, 1.165) is 11.1 Å². The maximum atomic E-state index is 12.2. The van der Waals surface area contributed by atoms with Crippen LogP contribution >= 0.6 is 0 Å². The van der Waals surface area contributed by atoms with Crippen molar-refractivity contribution in [2.24, 2.45) is 0 Å². The van der Waals surface area contributed by atoms with Crippen molar-refractivity contribution in [2.45, 2.75) is 20.4 Å². The lowest BCUT2D eigenvalue weighted by molar-refractivity contribution is 0.0949. The Bertz CT molecular complexity index is 774. The molecule has 112 valence electrons. The van der Waals surface area contributed by atoms with Crippen molar-refractivity contribution in [2.75, 3.05) is 0 Å². The highest BCUT2D eigenvalue weighted by molar-refractivity contribution is 5.96. The van der Waals surface area contributed by atoms with Crippen molar-refractivity contribution >= 4 is 5.91 Å². The molecule has 0 aliphatic rings. The van der Waals surface area contributed by atoms with Crippen LogP contribution in [0.25, 0.3) is 11.4 Å². The number of tetrazole rings is 1. The van der Waals surface area contributed by atoms with Gasteiger partial charge in [-0.15, -0.1) is 10.2 Å². The van der Waals surface area contributed by atoms with Crippen molar-refractivity contribution in [3.63, 3.8) is 0 Å². The third-order valence-corrected chi connectivity index (χ3v) is 3.24. The average molecular weight is 298 g/mol. The number of aromatic amines is 1. The van der Waals surface area contributed by atoms with Gasteiger partial charge in [0.2, 0.25) is 5.82 Å². The van der Waals surface area contributed by atoms with Crippen molar-refractivity contribution in [1.82, 2.24) is 31.1 Å². The zero-order valence-electron chi connectivity index (χ0n) is 12.1. The first-order valence-corrected chi connectivity index (χ1v) is 6.69. The molecule has 22 heavy (non-hydrogen) atoms. The number of rotatable bonds is 4. The summed E-state index contributed by atoms with van der Waals surface area (Å²) in [6.07, 6.45) is 0. The summed E-state index contributed by atoms with van der Waals surface area (Å²) in [5.41, 5.74) is 2.82. The quantitative estimate of drug-likeness (QED) is 0.753. The van der Waals surface area contributed by atoms with E-state index in [0.29, 0.717) is 29.4 Å². The fraction of sp³-hybridized carbons (Fsp3) is 0.214. The summed E-state index contributed by atoms with van der Waals surface area (Å²) in [6, 6.07) is 7.57. The van der Waals surface area contributed by atoms with Crippen LogP contribution in [0.1, 0.15) is 27.4 Å². The van der Waals surface area contributed by atoms with Gasteiger partial charge in [-0.3, -0.25) is 4.79 Å². The second-order valence-electron chi connectivity index (χ2n) is 4.82. The number of aromatic nitrogens is 5. The number of benzene rings is 1. The molecule has 0 radical (unpaired) electrons. The number of hydrogen-bond donors (Lipinski definition) is 2. The first-order valence-electron chi connectivity index (χ1n) is 6.69. The van der Waals surface area contributed by atoms with Gasteiger partial charge in [-0.25, -0.2) is 0 Å². The van der Waals surface area contributed by atoms with Crippen LogP contribution in [-0.4, -0.2) is 31.7 Å². The molecule has 0 unspecified atom stereocenters. The van der Waals surface area contributed by atoms with Gasteiger partial charge < -0.3 is 9.84 Å². The van der Waals surface area contributed by atoms with E-state index in [1.807, 2.05) is 24.3 Å². The molecule has 8 nitrogen and oxygen atoms in total. The molecule has 2 aromatic heterocycles. The second-order valence-corrected chi connectivity index (χ2v) is 4.82. The zero-order chi connectivity index (χ0) is 15.5. The van der Waals surface area contributed by atoms with Crippen LogP contribution in [0, 0.1) is 13.8 Å². The summed E-state index contributed by atoms with van der Waals surface area (Å²) < 4.78 is 5.00. The maximum absolute atomic E-state index is 12.2. The van der Waals surface area contributed by atoms with Crippen LogP contribution in [0.5, 0.6) is 0 Å². The predicted molar refractivity (Wildman–Crippen MR) is 76.8 cm³/mol. The molecule has 0 aliphatic carbocycles. The Hall–Kier alpha value is -3.03. The van der Waals surface area contributed by atoms with Crippen molar-refractivity contribution in [3.8, 4) is 11.4 Å². The molecular weight excluding hydrogens is 284 g/mol. The van der Waals surface area contributed by atoms with Gasteiger partial charge in [0.05, 0.1) is 5.69 Å². The van der Waals surface area contributed by atoms with Crippen LogP contribution in [0.4, 0.5) is 0 Å². The van der Waals surface area contributed by atoms with Gasteiger partial charge in [-0.05, 0) is 30.7 Å². The fourth-order valence-corrected chi connectivity index (χ4v) is 2.18. The SMILES string of the molecule is Cc1noc(C)c1C(=O)NCc1cccc(-c2nn[nH]n2)c1. The molecule has 0 saturated heterocycles. The Labute approximate surface area is 125 Å². The van der Waals surface area contributed by atoms with Crippen LogP contribution in [0.15, 0.2) is 28.8 Å². The molecule has 8 heteroatoms. The Morgan fingerprint density at radius 3 is 2.91 bits per heavy atom. The molecule has 2 N–H and O–H groups in total. The third kappa shape index (κ3) is 2.71. The Balaban J connectivity index is 1.72. The Morgan fingerprint density at radius 2 is 2.23 bits per heavy atom. The van der Waals surface area contributed by atoms with Crippen LogP contribution in [0.2, 0.25) is 0 Å². The van der Waals surface area contributed by atoms with Gasteiger partial charge in [-0.1, -0.05) is 23.4 Å². The summed E-state index contributed by atoms with van der Waals surface area (Å²) in [7, 11) is 0. The first-order chi connectivity index (χ1) is 10.6. The monoisotopic (exact) mass is 298 g/mol. The Morgan fingerprint density at radius 1 is 1.36 bits per heavy atom. The summed E-state index contributed by atoms with van der Waals surface area (Å²) in [4.78, 5) is 12.2. The van der Waals surface area contributed by atoms with Gasteiger partial charge in [0.1, 0.15) is 11.3 Å². The summed E-state index contributed by atoms with van der Waals surface area (Å²) in [5, 5.41) is 20.4. The second kappa shape index (κ2) is 5.76. The zero-order valence-corrected chi connectivity index (χ0v) is 12.1. The number of hydrogen-bond acceptors (Lipinski definition) is 6. The summed E-state index contributed by atoms with van der Waals surface area (Å²) in [5.74, 6) is 0.815. The largest absolute Gasteiger partial charge is 0.361 e. The van der Waals surface area contributed by atoms with Crippen molar-refractivity contribution in [1.29, 1.82) is 0 Å². The van der Waals surface area contributed by atoms with Gasteiger partial charge in [0.25, 0.3) is 5.91 Å². The van der Waals surface area contributed by atoms with E-state index in [-0.39, 0.29) is 5.91 Å². The molecule has 0 bridgehead atoms. The molecule has 1 amide bonds. The van der Waals surface area contributed by atoms with E-state index < -0.39 is 0 Å². The molecule has 0 saturated carbocycles. The molecule has 3 rings (SSSR count). The van der Waals surface area contributed by atoms with Gasteiger partial charge >= 0.3 is 0 Å². The highest BCUT2D eigenvalue weighted by atomic mass is 16.5. The lowest BCUT2D eigenvalue weighted by atomic mass is 10.1. The Kier molecular flexibility index (Phi) is 3.65. The lowest BCUT2D eigenvalue weighted by Crippen LogP contribution is -2.23. The fourth-order valence-electron chi connectivity index (χ4n) is 2.18. The topological polar surface area (TPSA) is 110 Å². The van der Waals surface area contributed by atoms with Gasteiger partial charge in [0, 0.05) is 12.1 Å². The minimum atomic E-state index is -0.207. The van der Waals surface area contributed by atoms with Crippen molar-refractivity contribution in [3.05, 3.63) is 46.8 Å². The molecule has 0 aliphatic heterocycles. The number of H-pyrrole nitrogens is 1. The number of carbonyl (C=O) groups excluding carboxylic acids is 1. The van der Waals surface area contributed by atoms with Gasteiger partial charge in [-0.2, -0.15) is 5.21 Å². The summed E-state index contributed by atoms with van der Waals surface area (Å²) >= 11 is 0. The standard InChI is InChI=1S/C14H14N6O2/c1-8-12(9(2)22-18-8)14(21)15-7-10-4-3-5-11(6-10)13-16-19-20-17-13/h3-6H,7H2,1-2H3,(H,15,21)(H,16,17,19,20). The lowest BCUT2D eigenvalue weighted by Gasteiger charge is -2.06. The average Bonchev–Trinajstić information content (AvgIpc) is 3.16. The van der Waals surface area contributed by atoms with E-state index in [1.54, 1.807) is 13.8 Å². The molecule has 0 fully saturated rings. The molecule has 1 aromatic carbocycles. The predicted octanol–water partition coefficient (Wildman–Crippen LogP) is 1.40. The highest BCUT2D eigenvalue weighted by Crippen LogP contribution is 2.16. The number of nitrogens with one attached hydrogen (secondary N) is 2. The number of amides is 1. The normalized spacial score (nSPS) is 10.6. The van der Waals surface area contributed by atoms with Crippen LogP contribution < -0.4 is 5.32 Å². The smallest absolute Gasteiger partial charge is 0.257 e. The molecule has 3 aromatic rings. The number of aryl methyl sites for hydroxylation is 2. The first kappa shape index (κ1) is 13.9. The maximum Gasteiger partial charge on any atom is 0.257 e. The van der Waals surface area contributed by atoms with Crippen LogP contribution in [0.3, 0.4) is 0 Å². The number of nitrogens with zero attached hydrogens (tertiary/aromatic N) is 4. The minimum Gasteiger partial charge on any atom is -0.361 e. The molecular formula is C14H14N6O2. The van der Waals surface area contributed by atoms with Crippen LogP contribution in [-0.2, 0) is 6.54 Å². The number of carbonyl (C=O) groups is 1. The van der Waals surface area contributed by atoms with Crippen molar-refractivity contribution < 1.29 is 9.32 Å². The summed E-state index contributed by atoms with van der Waals surface area (Å²) in [6.45, 7) is 3.84. The minimum absolute atomic E-state index is 0.207. The van der Waals surface area contributed by atoms with E-state index in [2.05, 4.69) is 31.1 Å². The van der Waals surface area contributed by atoms with E-state index in [1.165, 1.54) is 0 Å².